The lowest BCUT2D eigenvalue weighted by atomic mass is 10.2. The van der Waals surface area contributed by atoms with E-state index in [1.807, 2.05) is 30.5 Å². The molecule has 0 aliphatic rings. The van der Waals surface area contributed by atoms with Crippen molar-refractivity contribution < 1.29 is 4.79 Å². The first-order valence-corrected chi connectivity index (χ1v) is 7.56. The maximum atomic E-state index is 12.0. The highest BCUT2D eigenvalue weighted by molar-refractivity contribution is 14.1. The van der Waals surface area contributed by atoms with Crippen LogP contribution >= 0.6 is 33.9 Å². The van der Waals surface area contributed by atoms with Crippen LogP contribution in [0.25, 0.3) is 0 Å². The predicted molar refractivity (Wildman–Crippen MR) is 81.8 cm³/mol. The van der Waals surface area contributed by atoms with Crippen LogP contribution in [0.4, 0.5) is 0 Å². The summed E-state index contributed by atoms with van der Waals surface area (Å²) in [6.07, 6.45) is 2.86. The smallest absolute Gasteiger partial charge is 0.252 e. The van der Waals surface area contributed by atoms with Crippen LogP contribution in [0.15, 0.2) is 30.5 Å². The Bertz CT molecular complexity index is 553. The number of nitrogens with zero attached hydrogens (tertiary/aromatic N) is 1. The number of carbonyl (C=O) groups is 1. The van der Waals surface area contributed by atoms with E-state index in [4.69, 9.17) is 0 Å². The van der Waals surface area contributed by atoms with Crippen molar-refractivity contribution in [3.63, 3.8) is 0 Å². The summed E-state index contributed by atoms with van der Waals surface area (Å²) in [7, 11) is 0. The first kappa shape index (κ1) is 13.5. The number of nitrogens with one attached hydrogen (secondary N) is 1. The molecule has 1 N–H and O–H groups in total. The molecule has 18 heavy (non-hydrogen) atoms. The van der Waals surface area contributed by atoms with Gasteiger partial charge in [-0.2, -0.15) is 0 Å². The zero-order chi connectivity index (χ0) is 13.0. The molecule has 0 saturated heterocycles. The molecular weight excluding hydrogens is 359 g/mol. The monoisotopic (exact) mass is 372 g/mol. The van der Waals surface area contributed by atoms with Crippen molar-refractivity contribution in [1.29, 1.82) is 0 Å². The molecule has 0 aliphatic heterocycles. The van der Waals surface area contributed by atoms with Crippen LogP contribution in [-0.2, 0) is 13.0 Å². The van der Waals surface area contributed by atoms with Gasteiger partial charge in [0.15, 0.2) is 0 Å². The largest absolute Gasteiger partial charge is 0.345 e. The maximum Gasteiger partial charge on any atom is 0.252 e. The average molecular weight is 372 g/mol. The number of benzene rings is 1. The van der Waals surface area contributed by atoms with E-state index in [2.05, 4.69) is 39.8 Å². The van der Waals surface area contributed by atoms with Crippen molar-refractivity contribution in [2.24, 2.45) is 0 Å². The number of thiazole rings is 1. The Hall–Kier alpha value is -0.950. The summed E-state index contributed by atoms with van der Waals surface area (Å²) in [5.41, 5.74) is 0.713. The molecule has 2 rings (SSSR count). The normalized spacial score (nSPS) is 10.3. The fourth-order valence-corrected chi connectivity index (χ4v) is 2.92. The number of aromatic nitrogens is 1. The SMILES string of the molecule is CCc1cnc(CNC(=O)c2ccccc2I)s1. The van der Waals surface area contributed by atoms with Crippen molar-refractivity contribution in [2.75, 3.05) is 0 Å². The molecule has 1 aromatic heterocycles. The molecule has 5 heteroatoms. The van der Waals surface area contributed by atoms with Gasteiger partial charge >= 0.3 is 0 Å². The van der Waals surface area contributed by atoms with E-state index < -0.39 is 0 Å². The quantitative estimate of drug-likeness (QED) is 0.838. The molecule has 1 heterocycles. The van der Waals surface area contributed by atoms with E-state index >= 15 is 0 Å². The van der Waals surface area contributed by atoms with Crippen molar-refractivity contribution in [2.45, 2.75) is 19.9 Å². The lowest BCUT2D eigenvalue weighted by Crippen LogP contribution is -2.23. The van der Waals surface area contributed by atoms with Crippen LogP contribution in [0.1, 0.15) is 27.2 Å². The van der Waals surface area contributed by atoms with Gasteiger partial charge in [0, 0.05) is 14.6 Å². The van der Waals surface area contributed by atoms with Crippen molar-refractivity contribution in [3.8, 4) is 0 Å². The van der Waals surface area contributed by atoms with E-state index in [0.717, 1.165) is 15.0 Å². The Labute approximate surface area is 124 Å². The summed E-state index contributed by atoms with van der Waals surface area (Å²) in [5, 5.41) is 3.85. The van der Waals surface area contributed by atoms with Gasteiger partial charge in [-0.05, 0) is 41.1 Å². The van der Waals surface area contributed by atoms with Gasteiger partial charge in [-0.1, -0.05) is 19.1 Å². The van der Waals surface area contributed by atoms with E-state index in [1.165, 1.54) is 4.88 Å². The Morgan fingerprint density at radius 2 is 2.22 bits per heavy atom. The minimum atomic E-state index is -0.0479. The van der Waals surface area contributed by atoms with Gasteiger partial charge in [-0.25, -0.2) is 4.98 Å². The van der Waals surface area contributed by atoms with E-state index in [9.17, 15) is 4.79 Å². The minimum absolute atomic E-state index is 0.0479. The van der Waals surface area contributed by atoms with Gasteiger partial charge in [0.1, 0.15) is 5.01 Å². The fraction of sp³-hybridized carbons (Fsp3) is 0.231. The third-order valence-corrected chi connectivity index (χ3v) is 4.55. The van der Waals surface area contributed by atoms with Gasteiger partial charge in [-0.15, -0.1) is 11.3 Å². The molecular formula is C13H13IN2OS. The third-order valence-electron chi connectivity index (χ3n) is 2.47. The summed E-state index contributed by atoms with van der Waals surface area (Å²) in [6, 6.07) is 7.55. The Kier molecular flexibility index (Phi) is 4.71. The molecule has 0 bridgehead atoms. The number of rotatable bonds is 4. The second kappa shape index (κ2) is 6.29. The Balaban J connectivity index is 1.98. The number of hydrogen-bond acceptors (Lipinski definition) is 3. The minimum Gasteiger partial charge on any atom is -0.345 e. The lowest BCUT2D eigenvalue weighted by Gasteiger charge is -2.04. The maximum absolute atomic E-state index is 12.0. The second-order valence-corrected chi connectivity index (χ2v) is 6.10. The molecule has 0 spiro atoms. The summed E-state index contributed by atoms with van der Waals surface area (Å²) in [5.74, 6) is -0.0479. The Morgan fingerprint density at radius 3 is 2.89 bits per heavy atom. The average Bonchev–Trinajstić information content (AvgIpc) is 2.84. The standard InChI is InChI=1S/C13H13IN2OS/c1-2-9-7-15-12(18-9)8-16-13(17)10-5-3-4-6-11(10)14/h3-7H,2,8H2,1H3,(H,16,17). The predicted octanol–water partition coefficient (Wildman–Crippen LogP) is 3.24. The molecule has 0 radical (unpaired) electrons. The molecule has 0 unspecified atom stereocenters. The number of hydrogen-bond donors (Lipinski definition) is 1. The molecule has 2 aromatic rings. The number of amides is 1. The molecule has 1 aromatic carbocycles. The highest BCUT2D eigenvalue weighted by Gasteiger charge is 2.09. The summed E-state index contributed by atoms with van der Waals surface area (Å²) in [4.78, 5) is 17.5. The van der Waals surface area contributed by atoms with Crippen molar-refractivity contribution >= 4 is 39.8 Å². The number of aryl methyl sites for hydroxylation is 1. The van der Waals surface area contributed by atoms with E-state index in [0.29, 0.717) is 12.1 Å². The fourth-order valence-electron chi connectivity index (χ4n) is 1.49. The summed E-state index contributed by atoms with van der Waals surface area (Å²) < 4.78 is 0.959. The Morgan fingerprint density at radius 1 is 1.44 bits per heavy atom. The lowest BCUT2D eigenvalue weighted by molar-refractivity contribution is 0.0950. The molecule has 0 saturated carbocycles. The van der Waals surface area contributed by atoms with Crippen LogP contribution in [0.2, 0.25) is 0 Å². The zero-order valence-corrected chi connectivity index (χ0v) is 12.9. The highest BCUT2D eigenvalue weighted by atomic mass is 127. The highest BCUT2D eigenvalue weighted by Crippen LogP contribution is 2.14. The topological polar surface area (TPSA) is 42.0 Å². The number of halogens is 1. The van der Waals surface area contributed by atoms with Crippen LogP contribution in [0.3, 0.4) is 0 Å². The van der Waals surface area contributed by atoms with Crippen LogP contribution < -0.4 is 5.32 Å². The van der Waals surface area contributed by atoms with Crippen molar-refractivity contribution in [3.05, 3.63) is 49.5 Å². The second-order valence-electron chi connectivity index (χ2n) is 3.74. The van der Waals surface area contributed by atoms with Gasteiger partial charge < -0.3 is 5.32 Å². The van der Waals surface area contributed by atoms with Gasteiger partial charge in [0.05, 0.1) is 12.1 Å². The van der Waals surface area contributed by atoms with Gasteiger partial charge in [-0.3, -0.25) is 4.79 Å². The molecule has 0 atom stereocenters. The molecule has 3 nitrogen and oxygen atoms in total. The number of carbonyl (C=O) groups excluding carboxylic acids is 1. The molecule has 1 amide bonds. The van der Waals surface area contributed by atoms with Crippen LogP contribution in [0.5, 0.6) is 0 Å². The first-order valence-electron chi connectivity index (χ1n) is 5.67. The molecule has 94 valence electrons. The van der Waals surface area contributed by atoms with Gasteiger partial charge in [0.25, 0.3) is 5.91 Å². The summed E-state index contributed by atoms with van der Waals surface area (Å²) >= 11 is 3.81. The molecule has 0 fully saturated rings. The van der Waals surface area contributed by atoms with Crippen LogP contribution in [0, 0.1) is 3.57 Å². The van der Waals surface area contributed by atoms with E-state index in [1.54, 1.807) is 11.3 Å². The summed E-state index contributed by atoms with van der Waals surface area (Å²) in [6.45, 7) is 2.59. The van der Waals surface area contributed by atoms with Gasteiger partial charge in [0.2, 0.25) is 0 Å². The zero-order valence-electron chi connectivity index (χ0n) is 9.94. The first-order chi connectivity index (χ1) is 8.70. The van der Waals surface area contributed by atoms with Crippen LogP contribution in [-0.4, -0.2) is 10.9 Å². The molecule has 0 aliphatic carbocycles. The van der Waals surface area contributed by atoms with E-state index in [-0.39, 0.29) is 5.91 Å². The third kappa shape index (κ3) is 3.29. The van der Waals surface area contributed by atoms with Crippen molar-refractivity contribution in [1.82, 2.24) is 10.3 Å².